The number of carbonyl (C=O) groups is 2. The number of nitrogens with zero attached hydrogens (tertiary/aromatic N) is 1. The monoisotopic (exact) mass is 387 g/mol. The Morgan fingerprint density at radius 2 is 2.00 bits per heavy atom. The van der Waals surface area contributed by atoms with E-state index in [-0.39, 0.29) is 28.9 Å². The van der Waals surface area contributed by atoms with E-state index in [1.54, 1.807) is 36.0 Å². The number of thioether (sulfide) groups is 2. The lowest BCUT2D eigenvalue weighted by atomic mass is 10.1. The number of fused-ring (bicyclic) bond motifs is 1. The molecule has 0 saturated heterocycles. The molecule has 2 aliphatic rings. The second-order valence-corrected chi connectivity index (χ2v) is 8.29. The third-order valence-corrected chi connectivity index (χ3v) is 6.17. The Labute approximate surface area is 158 Å². The van der Waals surface area contributed by atoms with Crippen molar-refractivity contribution in [3.63, 3.8) is 0 Å². The van der Waals surface area contributed by atoms with Crippen LogP contribution in [-0.4, -0.2) is 27.4 Å². The number of carbonyl (C=O) groups excluding carboxylic acids is 2. The molecule has 2 N–H and O–H groups in total. The van der Waals surface area contributed by atoms with E-state index in [1.165, 1.54) is 11.8 Å². The first kappa shape index (κ1) is 17.4. The standard InChI is InChI=1S/C18H17N3O3S2/c22-15(9-26-18-20-14-8-25-7-13(14)17(24)21-18)10-3-5-12(6-4-10)19-16(23)11-1-2-11/h3-6,11H,1-2,7-9H2,(H,19,23)(H,20,21,24). The molecular formula is C18H17N3O3S2. The van der Waals surface area contributed by atoms with Crippen molar-refractivity contribution in [3.8, 4) is 0 Å². The van der Waals surface area contributed by atoms with E-state index in [9.17, 15) is 14.4 Å². The van der Waals surface area contributed by atoms with Gasteiger partial charge in [0.1, 0.15) is 0 Å². The van der Waals surface area contributed by atoms with Crippen LogP contribution in [0.15, 0.2) is 34.2 Å². The summed E-state index contributed by atoms with van der Waals surface area (Å²) in [6, 6.07) is 6.90. The first-order valence-electron chi connectivity index (χ1n) is 8.37. The van der Waals surface area contributed by atoms with Crippen LogP contribution in [0.5, 0.6) is 0 Å². The Morgan fingerprint density at radius 3 is 2.73 bits per heavy atom. The summed E-state index contributed by atoms with van der Waals surface area (Å²) >= 11 is 2.90. The van der Waals surface area contributed by atoms with Crippen LogP contribution >= 0.6 is 23.5 Å². The van der Waals surface area contributed by atoms with Gasteiger partial charge in [-0.3, -0.25) is 14.4 Å². The second kappa shape index (κ2) is 7.28. The van der Waals surface area contributed by atoms with Crippen molar-refractivity contribution in [1.29, 1.82) is 0 Å². The van der Waals surface area contributed by atoms with Gasteiger partial charge in [0, 0.05) is 34.2 Å². The fourth-order valence-corrected chi connectivity index (χ4v) is 4.46. The molecule has 0 radical (unpaired) electrons. The molecule has 0 spiro atoms. The molecular weight excluding hydrogens is 370 g/mol. The fourth-order valence-electron chi connectivity index (χ4n) is 2.65. The number of hydrogen-bond acceptors (Lipinski definition) is 6. The number of amides is 1. The topological polar surface area (TPSA) is 91.9 Å². The Balaban J connectivity index is 1.36. The summed E-state index contributed by atoms with van der Waals surface area (Å²) in [5.41, 5.74) is 2.74. The van der Waals surface area contributed by atoms with Gasteiger partial charge < -0.3 is 10.3 Å². The molecule has 2 heterocycles. The number of Topliss-reactive ketones (excluding diaryl/α,β-unsaturated/α-hetero) is 1. The molecule has 8 heteroatoms. The zero-order valence-corrected chi connectivity index (χ0v) is 15.5. The van der Waals surface area contributed by atoms with E-state index in [2.05, 4.69) is 15.3 Å². The maximum absolute atomic E-state index is 12.4. The minimum absolute atomic E-state index is 0.0458. The maximum atomic E-state index is 12.4. The normalized spacial score (nSPS) is 15.5. The van der Waals surface area contributed by atoms with E-state index in [0.717, 1.165) is 29.9 Å². The van der Waals surface area contributed by atoms with Gasteiger partial charge in [-0.1, -0.05) is 11.8 Å². The summed E-state index contributed by atoms with van der Waals surface area (Å²) in [5.74, 6) is 1.79. The quantitative estimate of drug-likeness (QED) is 0.450. The van der Waals surface area contributed by atoms with Crippen LogP contribution in [0.3, 0.4) is 0 Å². The van der Waals surface area contributed by atoms with Gasteiger partial charge in [0.05, 0.1) is 11.4 Å². The van der Waals surface area contributed by atoms with E-state index < -0.39 is 0 Å². The molecule has 6 nitrogen and oxygen atoms in total. The summed E-state index contributed by atoms with van der Waals surface area (Å²) < 4.78 is 0. The van der Waals surface area contributed by atoms with Crippen molar-refractivity contribution in [3.05, 3.63) is 51.4 Å². The van der Waals surface area contributed by atoms with Gasteiger partial charge in [-0.2, -0.15) is 11.8 Å². The smallest absolute Gasteiger partial charge is 0.255 e. The summed E-state index contributed by atoms with van der Waals surface area (Å²) in [6.07, 6.45) is 1.91. The molecule has 26 heavy (non-hydrogen) atoms. The third-order valence-electron chi connectivity index (χ3n) is 4.33. The molecule has 1 amide bonds. The number of aromatic amines is 1. The van der Waals surface area contributed by atoms with Crippen molar-refractivity contribution < 1.29 is 9.59 Å². The summed E-state index contributed by atoms with van der Waals surface area (Å²) in [6.45, 7) is 0. The minimum atomic E-state index is -0.106. The Bertz CT molecular complexity index is 920. The SMILES string of the molecule is O=C(CSc1nc2c(c(=O)[nH]1)CSC2)c1ccc(NC(=O)C2CC2)cc1. The van der Waals surface area contributed by atoms with Crippen LogP contribution in [0, 0.1) is 5.92 Å². The van der Waals surface area contributed by atoms with Crippen LogP contribution < -0.4 is 10.9 Å². The molecule has 1 aromatic carbocycles. The van der Waals surface area contributed by atoms with Crippen molar-refractivity contribution in [2.24, 2.45) is 5.92 Å². The number of hydrogen-bond donors (Lipinski definition) is 2. The zero-order valence-electron chi connectivity index (χ0n) is 13.9. The highest BCUT2D eigenvalue weighted by atomic mass is 32.2. The van der Waals surface area contributed by atoms with Gasteiger partial charge in [0.2, 0.25) is 5.91 Å². The lowest BCUT2D eigenvalue weighted by molar-refractivity contribution is -0.117. The van der Waals surface area contributed by atoms with Crippen molar-refractivity contribution in [1.82, 2.24) is 9.97 Å². The van der Waals surface area contributed by atoms with E-state index >= 15 is 0 Å². The van der Waals surface area contributed by atoms with Crippen LogP contribution in [0.4, 0.5) is 5.69 Å². The molecule has 4 rings (SSSR count). The molecule has 1 aliphatic heterocycles. The van der Waals surface area contributed by atoms with Crippen LogP contribution in [0.2, 0.25) is 0 Å². The number of ketones is 1. The Kier molecular flexibility index (Phi) is 4.86. The molecule has 0 atom stereocenters. The fraction of sp³-hybridized carbons (Fsp3) is 0.333. The van der Waals surface area contributed by atoms with Crippen LogP contribution in [-0.2, 0) is 16.3 Å². The van der Waals surface area contributed by atoms with Crippen molar-refractivity contribution in [2.45, 2.75) is 29.5 Å². The predicted octanol–water partition coefficient (Wildman–Crippen LogP) is 2.84. The largest absolute Gasteiger partial charge is 0.326 e. The zero-order chi connectivity index (χ0) is 18.1. The molecule has 1 fully saturated rings. The highest BCUT2D eigenvalue weighted by Crippen LogP contribution is 2.30. The van der Waals surface area contributed by atoms with Crippen LogP contribution in [0.25, 0.3) is 0 Å². The lowest BCUT2D eigenvalue weighted by Gasteiger charge is -2.06. The first-order chi connectivity index (χ1) is 12.6. The van der Waals surface area contributed by atoms with Gasteiger partial charge in [0.15, 0.2) is 10.9 Å². The molecule has 1 aliphatic carbocycles. The average molecular weight is 387 g/mol. The predicted molar refractivity (Wildman–Crippen MR) is 103 cm³/mol. The number of H-pyrrole nitrogens is 1. The number of anilines is 1. The highest BCUT2D eigenvalue weighted by molar-refractivity contribution is 7.99. The molecule has 1 saturated carbocycles. The molecule has 0 unspecified atom stereocenters. The van der Waals surface area contributed by atoms with E-state index in [0.29, 0.717) is 22.2 Å². The highest BCUT2D eigenvalue weighted by Gasteiger charge is 2.29. The number of benzene rings is 1. The van der Waals surface area contributed by atoms with Crippen LogP contribution in [0.1, 0.15) is 34.5 Å². The summed E-state index contributed by atoms with van der Waals surface area (Å²) in [4.78, 5) is 43.3. The molecule has 0 bridgehead atoms. The van der Waals surface area contributed by atoms with Gasteiger partial charge in [0.25, 0.3) is 5.56 Å². The van der Waals surface area contributed by atoms with Gasteiger partial charge in [-0.15, -0.1) is 0 Å². The van der Waals surface area contributed by atoms with E-state index in [4.69, 9.17) is 0 Å². The maximum Gasteiger partial charge on any atom is 0.255 e. The first-order valence-corrected chi connectivity index (χ1v) is 10.5. The van der Waals surface area contributed by atoms with Gasteiger partial charge in [-0.25, -0.2) is 4.98 Å². The minimum Gasteiger partial charge on any atom is -0.326 e. The van der Waals surface area contributed by atoms with E-state index in [1.807, 2.05) is 0 Å². The number of nitrogens with one attached hydrogen (secondary N) is 2. The van der Waals surface area contributed by atoms with Crippen molar-refractivity contribution in [2.75, 3.05) is 11.1 Å². The Hall–Kier alpha value is -2.06. The second-order valence-electron chi connectivity index (χ2n) is 6.34. The lowest BCUT2D eigenvalue weighted by Crippen LogP contribution is -2.15. The number of aromatic nitrogens is 2. The van der Waals surface area contributed by atoms with Gasteiger partial charge >= 0.3 is 0 Å². The van der Waals surface area contributed by atoms with Crippen molar-refractivity contribution >= 4 is 40.9 Å². The third kappa shape index (κ3) is 3.86. The average Bonchev–Trinajstić information content (AvgIpc) is 3.38. The van der Waals surface area contributed by atoms with Gasteiger partial charge in [-0.05, 0) is 37.1 Å². The molecule has 1 aromatic heterocycles. The molecule has 134 valence electrons. The summed E-state index contributed by atoms with van der Waals surface area (Å²) in [5, 5.41) is 3.33. The Morgan fingerprint density at radius 1 is 1.23 bits per heavy atom. The number of rotatable bonds is 6. The molecule has 2 aromatic rings. The summed E-state index contributed by atoms with van der Waals surface area (Å²) in [7, 11) is 0.